The van der Waals surface area contributed by atoms with Gasteiger partial charge in [0.25, 0.3) is 0 Å². The fourth-order valence-corrected chi connectivity index (χ4v) is 5.76. The third-order valence-electron chi connectivity index (χ3n) is 5.36. The van der Waals surface area contributed by atoms with Gasteiger partial charge in [0, 0.05) is 17.3 Å². The second-order valence-electron chi connectivity index (χ2n) is 7.52. The highest BCUT2D eigenvalue weighted by Gasteiger charge is 2.31. The number of nitrogens with zero attached hydrogens (tertiary/aromatic N) is 3. The van der Waals surface area contributed by atoms with Crippen molar-refractivity contribution in [3.8, 4) is 0 Å². The molecule has 1 atom stereocenters. The molecular weight excluding hydrogens is 394 g/mol. The predicted octanol–water partition coefficient (Wildman–Crippen LogP) is 6.46. The summed E-state index contributed by atoms with van der Waals surface area (Å²) in [7, 11) is 0. The largest absolute Gasteiger partial charge is 0.303 e. The first-order chi connectivity index (χ1) is 14.3. The number of rotatable bonds is 7. The van der Waals surface area contributed by atoms with Gasteiger partial charge in [0.2, 0.25) is 0 Å². The van der Waals surface area contributed by atoms with Crippen LogP contribution in [0.3, 0.4) is 0 Å². The molecule has 2 heterocycles. The SMILES string of the molecule is Cc1ccccc1C(Sc1nnc(Cc2cccs2)n1C1CC1)c1ccccc1. The van der Waals surface area contributed by atoms with Gasteiger partial charge in [-0.3, -0.25) is 0 Å². The van der Waals surface area contributed by atoms with Crippen LogP contribution >= 0.6 is 23.1 Å². The quantitative estimate of drug-likeness (QED) is 0.324. The van der Waals surface area contributed by atoms with Gasteiger partial charge in [-0.2, -0.15) is 0 Å². The summed E-state index contributed by atoms with van der Waals surface area (Å²) in [5.74, 6) is 1.09. The number of aromatic nitrogens is 3. The van der Waals surface area contributed by atoms with Gasteiger partial charge >= 0.3 is 0 Å². The molecule has 0 amide bonds. The Balaban J connectivity index is 1.52. The van der Waals surface area contributed by atoms with Crippen LogP contribution < -0.4 is 0 Å². The first-order valence-corrected chi connectivity index (χ1v) is 11.8. The van der Waals surface area contributed by atoms with Crippen LogP contribution in [0.2, 0.25) is 0 Å². The first-order valence-electron chi connectivity index (χ1n) is 10.0. The molecule has 5 heteroatoms. The lowest BCUT2D eigenvalue weighted by molar-refractivity contribution is 0.634. The fourth-order valence-electron chi connectivity index (χ4n) is 3.70. The fraction of sp³-hybridized carbons (Fsp3) is 0.250. The van der Waals surface area contributed by atoms with Gasteiger partial charge in [-0.15, -0.1) is 21.5 Å². The van der Waals surface area contributed by atoms with Crippen molar-refractivity contribution in [2.75, 3.05) is 0 Å². The van der Waals surface area contributed by atoms with Crippen LogP contribution in [0.1, 0.15) is 51.5 Å². The lowest BCUT2D eigenvalue weighted by Crippen LogP contribution is -2.06. The number of aryl methyl sites for hydroxylation is 1. The zero-order valence-electron chi connectivity index (χ0n) is 16.4. The van der Waals surface area contributed by atoms with E-state index in [0.717, 1.165) is 17.4 Å². The number of thioether (sulfide) groups is 1. The number of hydrogen-bond donors (Lipinski definition) is 0. The van der Waals surface area contributed by atoms with E-state index >= 15 is 0 Å². The topological polar surface area (TPSA) is 30.7 Å². The summed E-state index contributed by atoms with van der Waals surface area (Å²) in [6, 6.07) is 24.3. The zero-order valence-corrected chi connectivity index (χ0v) is 18.0. The monoisotopic (exact) mass is 417 g/mol. The highest BCUT2D eigenvalue weighted by atomic mass is 32.2. The van der Waals surface area contributed by atoms with Gasteiger partial charge in [-0.25, -0.2) is 0 Å². The van der Waals surface area contributed by atoms with E-state index in [1.54, 1.807) is 11.3 Å². The van der Waals surface area contributed by atoms with E-state index in [1.807, 2.05) is 11.8 Å². The number of thiophene rings is 1. The highest BCUT2D eigenvalue weighted by molar-refractivity contribution is 7.99. The Hall–Kier alpha value is -2.37. The first kappa shape index (κ1) is 18.6. The summed E-state index contributed by atoms with van der Waals surface area (Å²) < 4.78 is 2.40. The zero-order chi connectivity index (χ0) is 19.6. The number of hydrogen-bond acceptors (Lipinski definition) is 4. The smallest absolute Gasteiger partial charge is 0.192 e. The molecule has 0 bridgehead atoms. The summed E-state index contributed by atoms with van der Waals surface area (Å²) in [5.41, 5.74) is 3.95. The van der Waals surface area contributed by atoms with Gasteiger partial charge in [0.05, 0.1) is 5.25 Å². The molecule has 146 valence electrons. The van der Waals surface area contributed by atoms with Gasteiger partial charge in [-0.05, 0) is 47.9 Å². The van der Waals surface area contributed by atoms with E-state index in [4.69, 9.17) is 0 Å². The molecule has 1 unspecified atom stereocenters. The Morgan fingerprint density at radius 3 is 2.52 bits per heavy atom. The highest BCUT2D eigenvalue weighted by Crippen LogP contribution is 2.45. The molecule has 0 spiro atoms. The Kier molecular flexibility index (Phi) is 5.25. The molecule has 5 rings (SSSR count). The van der Waals surface area contributed by atoms with E-state index in [2.05, 4.69) is 93.8 Å². The Bertz CT molecular complexity index is 1080. The molecule has 4 aromatic rings. The molecule has 1 fully saturated rings. The maximum atomic E-state index is 4.66. The van der Waals surface area contributed by atoms with Crippen LogP contribution in [0.4, 0.5) is 0 Å². The molecular formula is C24H23N3S2. The summed E-state index contributed by atoms with van der Waals surface area (Å²) in [5, 5.41) is 12.6. The molecule has 3 nitrogen and oxygen atoms in total. The van der Waals surface area contributed by atoms with E-state index in [1.165, 1.54) is 34.4 Å². The molecule has 1 aliphatic carbocycles. The van der Waals surface area contributed by atoms with Crippen LogP contribution in [0.15, 0.2) is 77.3 Å². The minimum Gasteiger partial charge on any atom is -0.303 e. The molecule has 2 aromatic heterocycles. The third-order valence-corrected chi connectivity index (χ3v) is 7.48. The van der Waals surface area contributed by atoms with Crippen LogP contribution in [0.25, 0.3) is 0 Å². The van der Waals surface area contributed by atoms with E-state index in [0.29, 0.717) is 6.04 Å². The summed E-state index contributed by atoms with van der Waals surface area (Å²) in [6.07, 6.45) is 3.31. The summed E-state index contributed by atoms with van der Waals surface area (Å²) in [6.45, 7) is 2.19. The third kappa shape index (κ3) is 4.02. The van der Waals surface area contributed by atoms with Gasteiger partial charge in [0.1, 0.15) is 5.82 Å². The molecule has 0 saturated heterocycles. The van der Waals surface area contributed by atoms with Crippen LogP contribution in [-0.4, -0.2) is 14.8 Å². The standard InChI is InChI=1S/C24H23N3S2/c1-17-8-5-6-12-21(17)23(18-9-3-2-4-10-18)29-24-26-25-22(27(24)19-13-14-19)16-20-11-7-15-28-20/h2-12,15,19,23H,13-14,16H2,1H3. The van der Waals surface area contributed by atoms with Gasteiger partial charge in [0.15, 0.2) is 5.16 Å². The lowest BCUT2D eigenvalue weighted by atomic mass is 10.0. The molecule has 0 N–H and O–H groups in total. The molecule has 1 saturated carbocycles. The predicted molar refractivity (Wildman–Crippen MR) is 121 cm³/mol. The molecule has 0 radical (unpaired) electrons. The van der Waals surface area contributed by atoms with E-state index in [9.17, 15) is 0 Å². The normalized spacial score (nSPS) is 14.8. The minimum atomic E-state index is 0.202. The molecule has 1 aliphatic rings. The van der Waals surface area contributed by atoms with Crippen molar-refractivity contribution in [1.82, 2.24) is 14.8 Å². The van der Waals surface area contributed by atoms with Crippen molar-refractivity contribution in [1.29, 1.82) is 0 Å². The van der Waals surface area contributed by atoms with E-state index in [-0.39, 0.29) is 5.25 Å². The minimum absolute atomic E-state index is 0.202. The number of benzene rings is 2. The maximum absolute atomic E-state index is 4.66. The second-order valence-corrected chi connectivity index (χ2v) is 9.63. The molecule has 2 aromatic carbocycles. The molecule has 29 heavy (non-hydrogen) atoms. The van der Waals surface area contributed by atoms with Crippen molar-refractivity contribution in [3.63, 3.8) is 0 Å². The maximum Gasteiger partial charge on any atom is 0.192 e. The van der Waals surface area contributed by atoms with Crippen molar-refractivity contribution in [2.24, 2.45) is 0 Å². The van der Waals surface area contributed by atoms with E-state index < -0.39 is 0 Å². The molecule has 0 aliphatic heterocycles. The Labute approximate surface area is 179 Å². The second kappa shape index (κ2) is 8.17. The van der Waals surface area contributed by atoms with Crippen LogP contribution in [0.5, 0.6) is 0 Å². The summed E-state index contributed by atoms with van der Waals surface area (Å²) >= 11 is 3.62. The Morgan fingerprint density at radius 1 is 1.00 bits per heavy atom. The van der Waals surface area contributed by atoms with Crippen LogP contribution in [0, 0.1) is 6.92 Å². The van der Waals surface area contributed by atoms with Crippen LogP contribution in [-0.2, 0) is 6.42 Å². The van der Waals surface area contributed by atoms with Gasteiger partial charge in [-0.1, -0.05) is 72.4 Å². The van der Waals surface area contributed by atoms with Crippen molar-refractivity contribution < 1.29 is 0 Å². The van der Waals surface area contributed by atoms with Crippen molar-refractivity contribution >= 4 is 23.1 Å². The lowest BCUT2D eigenvalue weighted by Gasteiger charge is -2.20. The summed E-state index contributed by atoms with van der Waals surface area (Å²) in [4.78, 5) is 1.34. The average molecular weight is 418 g/mol. The average Bonchev–Trinajstić information content (AvgIpc) is 3.30. The van der Waals surface area contributed by atoms with Crippen molar-refractivity contribution in [3.05, 3.63) is 99.5 Å². The van der Waals surface area contributed by atoms with Crippen molar-refractivity contribution in [2.45, 2.75) is 42.6 Å². The van der Waals surface area contributed by atoms with Gasteiger partial charge < -0.3 is 4.57 Å². The Morgan fingerprint density at radius 2 is 1.79 bits per heavy atom.